The number of thioether (sulfide) groups is 1. The van der Waals surface area contributed by atoms with Gasteiger partial charge < -0.3 is 5.32 Å². The highest BCUT2D eigenvalue weighted by molar-refractivity contribution is 9.10. The van der Waals surface area contributed by atoms with Gasteiger partial charge in [0, 0.05) is 4.47 Å². The van der Waals surface area contributed by atoms with Crippen molar-refractivity contribution < 1.29 is 4.79 Å². The topological polar surface area (TPSA) is 72.7 Å². The van der Waals surface area contributed by atoms with Crippen LogP contribution in [0.5, 0.6) is 0 Å². The smallest absolute Gasteiger partial charge is 0.234 e. The lowest BCUT2D eigenvalue weighted by atomic mass is 10.2. The first-order valence-corrected chi connectivity index (χ1v) is 8.38. The highest BCUT2D eigenvalue weighted by atomic mass is 79.9. The highest BCUT2D eigenvalue weighted by Crippen LogP contribution is 2.36. The van der Waals surface area contributed by atoms with E-state index in [-0.39, 0.29) is 11.7 Å². The number of nitrogens with one attached hydrogen (secondary N) is 1. The van der Waals surface area contributed by atoms with Crippen molar-refractivity contribution in [1.82, 2.24) is 20.2 Å². The second-order valence-corrected chi connectivity index (χ2v) is 6.75. The molecule has 0 bridgehead atoms. The lowest BCUT2D eigenvalue weighted by Crippen LogP contribution is -2.15. The number of hydrogen-bond acceptors (Lipinski definition) is 5. The first-order valence-electron chi connectivity index (χ1n) is 6.60. The van der Waals surface area contributed by atoms with E-state index in [4.69, 9.17) is 0 Å². The van der Waals surface area contributed by atoms with Gasteiger partial charge in [-0.05, 0) is 63.8 Å². The maximum atomic E-state index is 12.0. The number of nitrogens with zero attached hydrogens (tertiary/aromatic N) is 4. The first-order chi connectivity index (χ1) is 10.1. The molecule has 0 spiro atoms. The zero-order valence-electron chi connectivity index (χ0n) is 11.4. The van der Waals surface area contributed by atoms with Crippen LogP contribution in [0.25, 0.3) is 0 Å². The molecule has 0 atom stereocenters. The van der Waals surface area contributed by atoms with E-state index < -0.39 is 0 Å². The Hall–Kier alpha value is -1.41. The molecule has 1 aromatic heterocycles. The van der Waals surface area contributed by atoms with Crippen LogP contribution in [-0.2, 0) is 4.79 Å². The van der Waals surface area contributed by atoms with Crippen molar-refractivity contribution in [1.29, 1.82) is 0 Å². The minimum Gasteiger partial charge on any atom is -0.324 e. The van der Waals surface area contributed by atoms with Gasteiger partial charge in [0.25, 0.3) is 0 Å². The summed E-state index contributed by atoms with van der Waals surface area (Å²) < 4.78 is 2.68. The molecular formula is C13H14BrN5OS. The van der Waals surface area contributed by atoms with Gasteiger partial charge >= 0.3 is 0 Å². The Kier molecular flexibility index (Phi) is 4.25. The third-order valence-corrected chi connectivity index (χ3v) is 4.68. The van der Waals surface area contributed by atoms with Crippen molar-refractivity contribution >= 4 is 39.3 Å². The fourth-order valence-electron chi connectivity index (χ4n) is 1.87. The molecule has 1 saturated carbocycles. The number of halogens is 1. The molecule has 0 aliphatic heterocycles. The van der Waals surface area contributed by atoms with Crippen molar-refractivity contribution in [2.24, 2.45) is 0 Å². The Bertz CT molecular complexity index is 670. The summed E-state index contributed by atoms with van der Waals surface area (Å²) in [5.41, 5.74) is 1.91. The van der Waals surface area contributed by atoms with Crippen LogP contribution >= 0.6 is 27.7 Å². The predicted molar refractivity (Wildman–Crippen MR) is 84.3 cm³/mol. The van der Waals surface area contributed by atoms with Crippen molar-refractivity contribution in [3.63, 3.8) is 0 Å². The maximum Gasteiger partial charge on any atom is 0.234 e. The number of carbonyl (C=O) groups excluding carboxylic acids is 1. The molecule has 1 amide bonds. The fraction of sp³-hybridized carbons (Fsp3) is 0.385. The Labute approximate surface area is 134 Å². The van der Waals surface area contributed by atoms with Gasteiger partial charge in [0.05, 0.1) is 17.5 Å². The van der Waals surface area contributed by atoms with Crippen molar-refractivity contribution in [3.05, 3.63) is 28.2 Å². The Balaban J connectivity index is 1.57. The second kappa shape index (κ2) is 6.15. The fourth-order valence-corrected chi connectivity index (χ4v) is 3.20. The number of carbonyl (C=O) groups is 1. The molecule has 1 aliphatic rings. The van der Waals surface area contributed by atoms with Crippen LogP contribution in [0.15, 0.2) is 27.8 Å². The summed E-state index contributed by atoms with van der Waals surface area (Å²) >= 11 is 4.80. The van der Waals surface area contributed by atoms with Crippen LogP contribution in [0.4, 0.5) is 5.69 Å². The van der Waals surface area contributed by atoms with Gasteiger partial charge in [-0.3, -0.25) is 4.79 Å². The molecule has 0 radical (unpaired) electrons. The molecule has 0 saturated heterocycles. The van der Waals surface area contributed by atoms with E-state index in [1.54, 1.807) is 4.68 Å². The highest BCUT2D eigenvalue weighted by Gasteiger charge is 2.28. The minimum absolute atomic E-state index is 0.0742. The molecule has 1 aliphatic carbocycles. The first kappa shape index (κ1) is 14.5. The molecule has 6 nitrogen and oxygen atoms in total. The SMILES string of the molecule is Cc1ccc(NC(=O)CSc2nnnn2C2CC2)c(Br)c1. The van der Waals surface area contributed by atoms with Gasteiger partial charge in [0.1, 0.15) is 0 Å². The molecule has 110 valence electrons. The Morgan fingerprint density at radius 1 is 1.52 bits per heavy atom. The van der Waals surface area contributed by atoms with Crippen LogP contribution < -0.4 is 5.32 Å². The molecule has 8 heteroatoms. The number of benzene rings is 1. The number of aryl methyl sites for hydroxylation is 1. The summed E-state index contributed by atoms with van der Waals surface area (Å²) in [6, 6.07) is 6.23. The number of anilines is 1. The number of rotatable bonds is 5. The molecule has 21 heavy (non-hydrogen) atoms. The quantitative estimate of drug-likeness (QED) is 0.822. The second-order valence-electron chi connectivity index (χ2n) is 4.96. The summed E-state index contributed by atoms with van der Waals surface area (Å²) in [7, 11) is 0. The summed E-state index contributed by atoms with van der Waals surface area (Å²) in [6.45, 7) is 2.00. The summed E-state index contributed by atoms with van der Waals surface area (Å²) in [5, 5.41) is 15.2. The lowest BCUT2D eigenvalue weighted by molar-refractivity contribution is -0.113. The van der Waals surface area contributed by atoms with E-state index in [1.807, 2.05) is 25.1 Å². The molecule has 2 aromatic rings. The van der Waals surface area contributed by atoms with E-state index in [1.165, 1.54) is 11.8 Å². The summed E-state index contributed by atoms with van der Waals surface area (Å²) in [4.78, 5) is 12.0. The molecular weight excluding hydrogens is 354 g/mol. The Morgan fingerprint density at radius 3 is 3.05 bits per heavy atom. The average molecular weight is 368 g/mol. The molecule has 0 unspecified atom stereocenters. The predicted octanol–water partition coefficient (Wildman–Crippen LogP) is 2.81. The summed E-state index contributed by atoms with van der Waals surface area (Å²) in [5.74, 6) is 0.211. The molecule has 1 fully saturated rings. The van der Waals surface area contributed by atoms with E-state index in [2.05, 4.69) is 36.8 Å². The third kappa shape index (κ3) is 3.62. The number of aromatic nitrogens is 4. The van der Waals surface area contributed by atoms with E-state index in [9.17, 15) is 4.79 Å². The van der Waals surface area contributed by atoms with Crippen molar-refractivity contribution in [2.45, 2.75) is 31.0 Å². The zero-order valence-corrected chi connectivity index (χ0v) is 13.8. The number of amides is 1. The van der Waals surface area contributed by atoms with Gasteiger partial charge in [-0.25, -0.2) is 4.68 Å². The van der Waals surface area contributed by atoms with Crippen LogP contribution in [0.1, 0.15) is 24.4 Å². The van der Waals surface area contributed by atoms with Gasteiger partial charge in [-0.2, -0.15) is 0 Å². The van der Waals surface area contributed by atoms with Gasteiger partial charge in [0.2, 0.25) is 11.1 Å². The van der Waals surface area contributed by atoms with Crippen LogP contribution in [0.2, 0.25) is 0 Å². The number of hydrogen-bond donors (Lipinski definition) is 1. The van der Waals surface area contributed by atoms with Crippen LogP contribution in [-0.4, -0.2) is 31.9 Å². The number of tetrazole rings is 1. The van der Waals surface area contributed by atoms with Crippen LogP contribution in [0.3, 0.4) is 0 Å². The zero-order chi connectivity index (χ0) is 14.8. The van der Waals surface area contributed by atoms with Gasteiger partial charge in [-0.1, -0.05) is 17.8 Å². The van der Waals surface area contributed by atoms with Gasteiger partial charge in [-0.15, -0.1) is 5.10 Å². The van der Waals surface area contributed by atoms with Crippen molar-refractivity contribution in [2.75, 3.05) is 11.1 Å². The third-order valence-electron chi connectivity index (χ3n) is 3.09. The van der Waals surface area contributed by atoms with Gasteiger partial charge in [0.15, 0.2) is 0 Å². The van der Waals surface area contributed by atoms with E-state index >= 15 is 0 Å². The molecule has 1 aromatic carbocycles. The Morgan fingerprint density at radius 2 is 2.33 bits per heavy atom. The maximum absolute atomic E-state index is 12.0. The van der Waals surface area contributed by atoms with E-state index in [0.29, 0.717) is 11.2 Å². The molecule has 3 rings (SSSR count). The minimum atomic E-state index is -0.0742. The van der Waals surface area contributed by atoms with Crippen LogP contribution in [0, 0.1) is 6.92 Å². The molecule has 1 heterocycles. The largest absolute Gasteiger partial charge is 0.324 e. The monoisotopic (exact) mass is 367 g/mol. The van der Waals surface area contributed by atoms with E-state index in [0.717, 1.165) is 28.6 Å². The lowest BCUT2D eigenvalue weighted by Gasteiger charge is -2.08. The molecule has 1 N–H and O–H groups in total. The average Bonchev–Trinajstić information content (AvgIpc) is 3.18. The normalized spacial score (nSPS) is 14.2. The standard InChI is InChI=1S/C13H14BrN5OS/c1-8-2-5-11(10(14)6-8)15-12(20)7-21-13-16-17-18-19(13)9-3-4-9/h2,5-6,9H,3-4,7H2,1H3,(H,15,20). The van der Waals surface area contributed by atoms with Crippen molar-refractivity contribution in [3.8, 4) is 0 Å². The summed E-state index contributed by atoms with van der Waals surface area (Å²) in [6.07, 6.45) is 2.22.